The van der Waals surface area contributed by atoms with Gasteiger partial charge in [0.05, 0.1) is 18.5 Å². The standard InChI is InChI=1S/C19H25N3O4S/c1-21(2)16-9-11-17(12-10-16)22(27(3,24)25)14-13-20-19(23)15-26-18-7-5-4-6-8-18/h4-12H,13-15H2,1-3H3,(H,20,23). The molecular weight excluding hydrogens is 366 g/mol. The van der Waals surface area contributed by atoms with Gasteiger partial charge in [0, 0.05) is 26.3 Å². The first kappa shape index (κ1) is 20.6. The Labute approximate surface area is 160 Å². The summed E-state index contributed by atoms with van der Waals surface area (Å²) in [4.78, 5) is 13.8. The minimum absolute atomic E-state index is 0.125. The van der Waals surface area contributed by atoms with Crippen molar-refractivity contribution >= 4 is 27.3 Å². The monoisotopic (exact) mass is 391 g/mol. The van der Waals surface area contributed by atoms with E-state index in [2.05, 4.69) is 5.32 Å². The lowest BCUT2D eigenvalue weighted by Gasteiger charge is -2.23. The third kappa shape index (κ3) is 6.49. The third-order valence-electron chi connectivity index (χ3n) is 3.80. The summed E-state index contributed by atoms with van der Waals surface area (Å²) in [5, 5.41) is 2.68. The summed E-state index contributed by atoms with van der Waals surface area (Å²) in [6, 6.07) is 16.2. The van der Waals surface area contributed by atoms with E-state index in [1.54, 1.807) is 24.3 Å². The van der Waals surface area contributed by atoms with Crippen LogP contribution in [0, 0.1) is 0 Å². The zero-order chi connectivity index (χ0) is 19.9. The number of carbonyl (C=O) groups is 1. The molecule has 7 nitrogen and oxygen atoms in total. The number of benzene rings is 2. The Morgan fingerprint density at radius 2 is 1.59 bits per heavy atom. The van der Waals surface area contributed by atoms with Gasteiger partial charge >= 0.3 is 0 Å². The topological polar surface area (TPSA) is 79.0 Å². The molecule has 0 unspecified atom stereocenters. The molecule has 0 radical (unpaired) electrons. The number of ether oxygens (including phenoxy) is 1. The number of nitrogens with one attached hydrogen (secondary N) is 1. The summed E-state index contributed by atoms with van der Waals surface area (Å²) in [7, 11) is 0.359. The molecule has 0 fully saturated rings. The smallest absolute Gasteiger partial charge is 0.258 e. The average molecular weight is 391 g/mol. The van der Waals surface area contributed by atoms with Crippen LogP contribution in [-0.2, 0) is 14.8 Å². The van der Waals surface area contributed by atoms with Gasteiger partial charge in [-0.15, -0.1) is 0 Å². The number of carbonyl (C=O) groups excluding carboxylic acids is 1. The SMILES string of the molecule is CN(C)c1ccc(N(CCNC(=O)COc2ccccc2)S(C)(=O)=O)cc1. The van der Waals surface area contributed by atoms with Crippen LogP contribution in [0.15, 0.2) is 54.6 Å². The molecule has 0 spiro atoms. The summed E-state index contributed by atoms with van der Waals surface area (Å²) in [6.45, 7) is 0.192. The minimum Gasteiger partial charge on any atom is -0.484 e. The maximum absolute atomic E-state index is 12.1. The fourth-order valence-electron chi connectivity index (χ4n) is 2.42. The first-order valence-corrected chi connectivity index (χ1v) is 10.3. The van der Waals surface area contributed by atoms with Crippen LogP contribution in [0.25, 0.3) is 0 Å². The Hall–Kier alpha value is -2.74. The fraction of sp³-hybridized carbons (Fsp3) is 0.316. The summed E-state index contributed by atoms with van der Waals surface area (Å²) < 4.78 is 30.9. The number of hydrogen-bond donors (Lipinski definition) is 1. The van der Waals surface area contributed by atoms with E-state index in [9.17, 15) is 13.2 Å². The molecule has 0 aliphatic heterocycles. The van der Waals surface area contributed by atoms with E-state index < -0.39 is 10.0 Å². The molecule has 27 heavy (non-hydrogen) atoms. The lowest BCUT2D eigenvalue weighted by Crippen LogP contribution is -2.39. The normalized spacial score (nSPS) is 10.9. The summed E-state index contributed by atoms with van der Waals surface area (Å²) in [5.41, 5.74) is 1.52. The number of amides is 1. The molecule has 0 heterocycles. The number of sulfonamides is 1. The van der Waals surface area contributed by atoms with Gasteiger partial charge < -0.3 is 15.0 Å². The largest absolute Gasteiger partial charge is 0.484 e. The minimum atomic E-state index is -3.47. The molecule has 1 amide bonds. The van der Waals surface area contributed by atoms with Gasteiger partial charge in [-0.05, 0) is 36.4 Å². The Kier molecular flexibility index (Phi) is 7.06. The molecule has 0 bridgehead atoms. The second-order valence-electron chi connectivity index (χ2n) is 6.20. The Morgan fingerprint density at radius 1 is 1.00 bits per heavy atom. The first-order valence-electron chi connectivity index (χ1n) is 8.47. The highest BCUT2D eigenvalue weighted by Crippen LogP contribution is 2.21. The molecule has 0 atom stereocenters. The molecular formula is C19H25N3O4S. The Bertz CT molecular complexity index is 837. The predicted molar refractivity (Wildman–Crippen MR) is 108 cm³/mol. The van der Waals surface area contributed by atoms with Crippen LogP contribution < -0.4 is 19.3 Å². The summed E-state index contributed by atoms with van der Waals surface area (Å²) >= 11 is 0. The van der Waals surface area contributed by atoms with E-state index in [1.807, 2.05) is 49.3 Å². The highest BCUT2D eigenvalue weighted by molar-refractivity contribution is 7.92. The number of nitrogens with zero attached hydrogens (tertiary/aromatic N) is 2. The van der Waals surface area contributed by atoms with Crippen LogP contribution in [0.3, 0.4) is 0 Å². The molecule has 1 N–H and O–H groups in total. The zero-order valence-electron chi connectivity index (χ0n) is 15.8. The maximum Gasteiger partial charge on any atom is 0.258 e. The average Bonchev–Trinajstić information content (AvgIpc) is 2.63. The van der Waals surface area contributed by atoms with Crippen molar-refractivity contribution in [2.24, 2.45) is 0 Å². The van der Waals surface area contributed by atoms with Crippen LogP contribution in [0.5, 0.6) is 5.75 Å². The van der Waals surface area contributed by atoms with E-state index in [-0.39, 0.29) is 25.6 Å². The molecule has 8 heteroatoms. The second kappa shape index (κ2) is 9.27. The molecule has 0 saturated heterocycles. The number of para-hydroxylation sites is 1. The molecule has 0 saturated carbocycles. The lowest BCUT2D eigenvalue weighted by molar-refractivity contribution is -0.123. The first-order chi connectivity index (χ1) is 12.8. The van der Waals surface area contributed by atoms with Gasteiger partial charge in [0.1, 0.15) is 5.75 Å². The van der Waals surface area contributed by atoms with Crippen molar-refractivity contribution in [2.75, 3.05) is 49.3 Å². The maximum atomic E-state index is 12.1. The van der Waals surface area contributed by atoms with Crippen molar-refractivity contribution in [3.05, 3.63) is 54.6 Å². The van der Waals surface area contributed by atoms with Crippen molar-refractivity contribution in [1.29, 1.82) is 0 Å². The van der Waals surface area contributed by atoms with Gasteiger partial charge in [0.25, 0.3) is 5.91 Å². The van der Waals surface area contributed by atoms with E-state index in [4.69, 9.17) is 4.74 Å². The second-order valence-corrected chi connectivity index (χ2v) is 8.10. The molecule has 146 valence electrons. The molecule has 0 aromatic heterocycles. The van der Waals surface area contributed by atoms with Gasteiger partial charge in [0.15, 0.2) is 6.61 Å². The van der Waals surface area contributed by atoms with Gasteiger partial charge in [0.2, 0.25) is 10.0 Å². The lowest BCUT2D eigenvalue weighted by atomic mass is 10.2. The van der Waals surface area contributed by atoms with Gasteiger partial charge in [-0.1, -0.05) is 18.2 Å². The molecule has 2 aromatic rings. The highest BCUT2D eigenvalue weighted by atomic mass is 32.2. The van der Waals surface area contributed by atoms with E-state index in [1.165, 1.54) is 4.31 Å². The highest BCUT2D eigenvalue weighted by Gasteiger charge is 2.17. The van der Waals surface area contributed by atoms with E-state index in [0.717, 1.165) is 11.9 Å². The summed E-state index contributed by atoms with van der Waals surface area (Å²) in [6.07, 6.45) is 1.15. The van der Waals surface area contributed by atoms with Crippen LogP contribution in [0.2, 0.25) is 0 Å². The number of hydrogen-bond acceptors (Lipinski definition) is 5. The van der Waals surface area contributed by atoms with Crippen LogP contribution >= 0.6 is 0 Å². The van der Waals surface area contributed by atoms with Crippen molar-refractivity contribution in [1.82, 2.24) is 5.32 Å². The van der Waals surface area contributed by atoms with E-state index >= 15 is 0 Å². The molecule has 2 rings (SSSR count). The third-order valence-corrected chi connectivity index (χ3v) is 5.00. The van der Waals surface area contributed by atoms with Crippen molar-refractivity contribution in [3.63, 3.8) is 0 Å². The van der Waals surface area contributed by atoms with Crippen LogP contribution in [-0.4, -0.2) is 54.4 Å². The Balaban J connectivity index is 1.90. The van der Waals surface area contributed by atoms with Crippen molar-refractivity contribution < 1.29 is 17.9 Å². The van der Waals surface area contributed by atoms with Gasteiger partial charge in [-0.25, -0.2) is 8.42 Å². The van der Waals surface area contributed by atoms with E-state index in [0.29, 0.717) is 11.4 Å². The van der Waals surface area contributed by atoms with Gasteiger partial charge in [-0.3, -0.25) is 9.10 Å². The summed E-state index contributed by atoms with van der Waals surface area (Å²) in [5.74, 6) is 0.293. The van der Waals surface area contributed by atoms with Crippen molar-refractivity contribution in [3.8, 4) is 5.75 Å². The molecule has 0 aliphatic carbocycles. The zero-order valence-corrected chi connectivity index (χ0v) is 16.6. The quantitative estimate of drug-likeness (QED) is 0.704. The predicted octanol–water partition coefficient (Wildman–Crippen LogP) is 1.71. The van der Waals surface area contributed by atoms with Crippen LogP contribution in [0.1, 0.15) is 0 Å². The van der Waals surface area contributed by atoms with Gasteiger partial charge in [-0.2, -0.15) is 0 Å². The number of rotatable bonds is 9. The van der Waals surface area contributed by atoms with Crippen molar-refractivity contribution in [2.45, 2.75) is 0 Å². The van der Waals surface area contributed by atoms with Crippen LogP contribution in [0.4, 0.5) is 11.4 Å². The Morgan fingerprint density at radius 3 is 2.15 bits per heavy atom. The molecule has 0 aliphatic rings. The fourth-order valence-corrected chi connectivity index (χ4v) is 3.34. The number of anilines is 2. The molecule has 2 aromatic carbocycles.